The molecule has 3 aromatic heterocycles. The van der Waals surface area contributed by atoms with Crippen molar-refractivity contribution in [1.82, 2.24) is 19.7 Å². The zero-order valence-electron chi connectivity index (χ0n) is 26.3. The number of hydrogen-bond acceptors (Lipinski definition) is 8. The van der Waals surface area contributed by atoms with Gasteiger partial charge in [0, 0.05) is 11.6 Å². The van der Waals surface area contributed by atoms with Gasteiger partial charge in [-0.25, -0.2) is 14.5 Å². The number of halogens is 1. The molecule has 0 saturated heterocycles. The van der Waals surface area contributed by atoms with Crippen LogP contribution in [0.25, 0.3) is 22.5 Å². The lowest BCUT2D eigenvalue weighted by atomic mass is 9.87. The molecule has 0 bridgehead atoms. The largest absolute Gasteiger partial charge is 0.493 e. The van der Waals surface area contributed by atoms with Crippen LogP contribution >= 0.6 is 11.6 Å². The highest BCUT2D eigenvalue weighted by atomic mass is 35.5. The number of methoxy groups -OCH3 is 2. The summed E-state index contributed by atoms with van der Waals surface area (Å²) in [5.74, 6) is 0.683. The zero-order valence-corrected chi connectivity index (χ0v) is 27.0. The number of furan rings is 1. The summed E-state index contributed by atoms with van der Waals surface area (Å²) in [4.78, 5) is 34.2. The molecule has 6 aromatic rings. The van der Waals surface area contributed by atoms with Crippen LogP contribution < -0.4 is 9.47 Å². The Bertz CT molecular complexity index is 2090. The maximum atomic E-state index is 13.9. The number of esters is 1. The molecule has 4 heterocycles. The lowest BCUT2D eigenvalue weighted by Crippen LogP contribution is -2.42. The lowest BCUT2D eigenvalue weighted by Gasteiger charge is -2.38. The predicted octanol–water partition coefficient (Wildman–Crippen LogP) is 6.74. The minimum absolute atomic E-state index is 0.224. The summed E-state index contributed by atoms with van der Waals surface area (Å²) in [6.07, 6.45) is 3.72. The van der Waals surface area contributed by atoms with Crippen LogP contribution in [-0.2, 0) is 22.5 Å². The van der Waals surface area contributed by atoms with E-state index < -0.39 is 18.6 Å². The normalized spacial score (nSPS) is 14.1. The number of amides is 1. The topological polar surface area (TPSA) is 109 Å². The SMILES string of the molecule is COc1cc2c(cc1OC)C(c1ccccc1)N(C(=O)COC(=O)c1cc(-c3ccco3)nc3c1cnn3Cc1ccc(Cl)cc1)CC2. The van der Waals surface area contributed by atoms with Gasteiger partial charge in [0.25, 0.3) is 5.91 Å². The molecule has 10 nitrogen and oxygen atoms in total. The van der Waals surface area contributed by atoms with Gasteiger partial charge in [-0.05, 0) is 71.1 Å². The molecule has 48 heavy (non-hydrogen) atoms. The summed E-state index contributed by atoms with van der Waals surface area (Å²) in [5, 5.41) is 5.65. The fourth-order valence-electron chi connectivity index (χ4n) is 6.14. The second kappa shape index (κ2) is 13.2. The summed E-state index contributed by atoms with van der Waals surface area (Å²) < 4.78 is 24.2. The average Bonchev–Trinajstić information content (AvgIpc) is 3.81. The first-order valence-corrected chi connectivity index (χ1v) is 15.7. The maximum Gasteiger partial charge on any atom is 0.339 e. The van der Waals surface area contributed by atoms with E-state index in [0.717, 1.165) is 22.3 Å². The van der Waals surface area contributed by atoms with Crippen molar-refractivity contribution in [2.45, 2.75) is 19.0 Å². The van der Waals surface area contributed by atoms with Crippen LogP contribution in [0.3, 0.4) is 0 Å². The number of carbonyl (C=O) groups is 2. The molecule has 3 aromatic carbocycles. The van der Waals surface area contributed by atoms with Crippen molar-refractivity contribution in [1.29, 1.82) is 0 Å². The van der Waals surface area contributed by atoms with Gasteiger partial charge in [0.1, 0.15) is 5.69 Å². The summed E-state index contributed by atoms with van der Waals surface area (Å²) >= 11 is 6.08. The zero-order chi connectivity index (χ0) is 33.2. The second-order valence-corrected chi connectivity index (χ2v) is 11.8. The predicted molar refractivity (Wildman–Crippen MR) is 179 cm³/mol. The Morgan fingerprint density at radius 2 is 1.73 bits per heavy atom. The molecular formula is C37H31ClN4O6. The highest BCUT2D eigenvalue weighted by molar-refractivity contribution is 6.30. The van der Waals surface area contributed by atoms with Crippen LogP contribution in [0.1, 0.15) is 38.7 Å². The maximum absolute atomic E-state index is 13.9. The van der Waals surface area contributed by atoms with E-state index in [1.165, 1.54) is 6.26 Å². The molecule has 1 aliphatic heterocycles. The van der Waals surface area contributed by atoms with Crippen LogP contribution in [0.2, 0.25) is 5.02 Å². The van der Waals surface area contributed by atoms with E-state index in [0.29, 0.717) is 58.5 Å². The van der Waals surface area contributed by atoms with E-state index in [1.54, 1.807) is 60.3 Å². The van der Waals surface area contributed by atoms with Gasteiger partial charge >= 0.3 is 5.97 Å². The van der Waals surface area contributed by atoms with Crippen LogP contribution in [0, 0.1) is 0 Å². The number of carbonyl (C=O) groups excluding carboxylic acids is 2. The summed E-state index contributed by atoms with van der Waals surface area (Å²) in [6.45, 7) is 0.373. The number of pyridine rings is 1. The fourth-order valence-corrected chi connectivity index (χ4v) is 6.27. The first-order valence-electron chi connectivity index (χ1n) is 15.3. The molecule has 1 aliphatic rings. The standard InChI is InChI=1S/C37H31ClN4O6/c1-45-32-17-25-14-15-41(35(24-7-4-3-5-8-24)27(25)19-33(32)46-2)34(43)22-48-37(44)28-18-30(31-9-6-16-47-31)40-36-29(28)20-39-42(36)21-23-10-12-26(38)13-11-23/h3-13,16-20,35H,14-15,21-22H2,1-2H3. The highest BCUT2D eigenvalue weighted by Gasteiger charge is 2.34. The molecule has 11 heteroatoms. The molecule has 0 N–H and O–H groups in total. The first kappa shape index (κ1) is 31.0. The van der Waals surface area contributed by atoms with Crippen LogP contribution in [0.4, 0.5) is 0 Å². The molecule has 0 fully saturated rings. The third kappa shape index (κ3) is 5.98. The van der Waals surface area contributed by atoms with Gasteiger partial charge in [-0.15, -0.1) is 0 Å². The molecule has 7 rings (SSSR count). The molecular weight excluding hydrogens is 632 g/mol. The second-order valence-electron chi connectivity index (χ2n) is 11.3. The van der Waals surface area contributed by atoms with Crippen molar-refractivity contribution in [3.8, 4) is 23.0 Å². The molecule has 1 amide bonds. The van der Waals surface area contributed by atoms with Gasteiger partial charge in [-0.3, -0.25) is 4.79 Å². The minimum atomic E-state index is -0.672. The van der Waals surface area contributed by atoms with E-state index >= 15 is 0 Å². The van der Waals surface area contributed by atoms with Crippen molar-refractivity contribution in [3.63, 3.8) is 0 Å². The van der Waals surface area contributed by atoms with Crippen LogP contribution in [-0.4, -0.2) is 58.9 Å². The summed E-state index contributed by atoms with van der Waals surface area (Å²) in [7, 11) is 3.19. The average molecular weight is 663 g/mol. The van der Waals surface area contributed by atoms with Gasteiger partial charge in [-0.1, -0.05) is 54.1 Å². The highest BCUT2D eigenvalue weighted by Crippen LogP contribution is 2.41. The smallest absolute Gasteiger partial charge is 0.339 e. The molecule has 1 unspecified atom stereocenters. The van der Waals surface area contributed by atoms with E-state index in [1.807, 2.05) is 54.6 Å². The van der Waals surface area contributed by atoms with Crippen LogP contribution in [0.5, 0.6) is 11.5 Å². The number of nitrogens with zero attached hydrogens (tertiary/aromatic N) is 4. The number of aromatic nitrogens is 3. The molecule has 242 valence electrons. The Hall–Kier alpha value is -5.61. The molecule has 0 radical (unpaired) electrons. The lowest BCUT2D eigenvalue weighted by molar-refractivity contribution is -0.136. The van der Waals surface area contributed by atoms with Gasteiger partial charge in [-0.2, -0.15) is 5.10 Å². The summed E-state index contributed by atoms with van der Waals surface area (Å²) in [6, 6.07) is 25.8. The third-order valence-corrected chi connectivity index (χ3v) is 8.74. The van der Waals surface area contributed by atoms with Crippen molar-refractivity contribution >= 4 is 34.5 Å². The Labute approximate surface area is 281 Å². The number of benzene rings is 3. The number of ether oxygens (including phenoxy) is 3. The van der Waals surface area contributed by atoms with Crippen molar-refractivity contribution in [2.24, 2.45) is 0 Å². The molecule has 0 saturated carbocycles. The molecule has 1 atom stereocenters. The van der Waals surface area contributed by atoms with Gasteiger partial charge < -0.3 is 23.5 Å². The van der Waals surface area contributed by atoms with E-state index in [-0.39, 0.29) is 11.5 Å². The Morgan fingerprint density at radius 1 is 0.958 bits per heavy atom. The number of hydrogen-bond donors (Lipinski definition) is 0. The minimum Gasteiger partial charge on any atom is -0.493 e. The first-order chi connectivity index (χ1) is 23.4. The van der Waals surface area contributed by atoms with Crippen molar-refractivity contribution in [2.75, 3.05) is 27.4 Å². The van der Waals surface area contributed by atoms with Crippen molar-refractivity contribution in [3.05, 3.63) is 130 Å². The molecule has 0 aliphatic carbocycles. The monoisotopic (exact) mass is 662 g/mol. The Balaban J connectivity index is 1.18. The van der Waals surface area contributed by atoms with Gasteiger partial charge in [0.2, 0.25) is 0 Å². The van der Waals surface area contributed by atoms with E-state index in [9.17, 15) is 9.59 Å². The Morgan fingerprint density at radius 3 is 2.46 bits per heavy atom. The van der Waals surface area contributed by atoms with Crippen LogP contribution in [0.15, 0.2) is 102 Å². The molecule has 0 spiro atoms. The van der Waals surface area contributed by atoms with E-state index in [2.05, 4.69) is 5.10 Å². The fraction of sp³-hybridized carbons (Fsp3) is 0.189. The Kier molecular flexibility index (Phi) is 8.56. The summed E-state index contributed by atoms with van der Waals surface area (Å²) in [5.41, 5.74) is 5.00. The quantitative estimate of drug-likeness (QED) is 0.157. The van der Waals surface area contributed by atoms with Crippen molar-refractivity contribution < 1.29 is 28.2 Å². The van der Waals surface area contributed by atoms with Gasteiger partial charge in [0.15, 0.2) is 29.5 Å². The number of fused-ring (bicyclic) bond motifs is 2. The number of rotatable bonds is 9. The third-order valence-electron chi connectivity index (χ3n) is 8.48. The van der Waals surface area contributed by atoms with Gasteiger partial charge in [0.05, 0.1) is 50.2 Å². The van der Waals surface area contributed by atoms with E-state index in [4.69, 9.17) is 35.2 Å².